The van der Waals surface area contributed by atoms with Crippen molar-refractivity contribution in [1.82, 2.24) is 0 Å². The van der Waals surface area contributed by atoms with Crippen LogP contribution >= 0.6 is 21.8 Å². The van der Waals surface area contributed by atoms with Crippen molar-refractivity contribution in [2.24, 2.45) is 0 Å². The van der Waals surface area contributed by atoms with E-state index in [1.54, 1.807) is 0 Å². The maximum atomic E-state index is 3.78. The van der Waals surface area contributed by atoms with Crippen LogP contribution in [-0.2, 0) is 10.5 Å². The third-order valence-corrected chi connectivity index (χ3v) is 0. The molecule has 0 bridgehead atoms. The van der Waals surface area contributed by atoms with Gasteiger partial charge in [0.15, 0.2) is 0 Å². The molecule has 31 valence electrons. The molecular formula is H2FeOP3. The van der Waals surface area contributed by atoms with Crippen molar-refractivity contribution < 1.29 is 16.0 Å². The summed E-state index contributed by atoms with van der Waals surface area (Å²) < 4.78 is 0. The number of hydrogen-bond donors (Lipinski definition) is 0. The van der Waals surface area contributed by atoms with E-state index >= 15 is 0 Å². The van der Waals surface area contributed by atoms with Crippen LogP contribution in [0.3, 0.4) is 0 Å². The van der Waals surface area contributed by atoms with E-state index in [-0.39, 0.29) is 5.48 Å². The predicted molar refractivity (Wildman–Crippen MR) is 24.4 cm³/mol. The van der Waals surface area contributed by atoms with E-state index in [1.165, 1.54) is 0 Å². The maximum absolute atomic E-state index is 3.78. The molecule has 0 saturated carbocycles. The second kappa shape index (κ2) is 5.77. The fourth-order valence-electron chi connectivity index (χ4n) is 0. The zero-order valence-corrected chi connectivity index (χ0v) is 5.98. The summed E-state index contributed by atoms with van der Waals surface area (Å²) in [6.07, 6.45) is 0. The Labute approximate surface area is 38.3 Å². The first kappa shape index (κ1) is 9.91. The van der Waals surface area contributed by atoms with Gasteiger partial charge in [0, 0.05) is 0 Å². The van der Waals surface area contributed by atoms with Crippen molar-refractivity contribution >= 4 is 21.8 Å². The van der Waals surface area contributed by atoms with Gasteiger partial charge >= 0.3 is 32.3 Å². The molecule has 0 radical (unpaired) electrons. The fraction of sp³-hybridized carbons (Fsp3) is 0. The van der Waals surface area contributed by atoms with Gasteiger partial charge in [-0.25, -0.2) is 0 Å². The Hall–Kier alpha value is 1.77. The zero-order valence-electron chi connectivity index (χ0n) is 2.20. The molecule has 0 aromatic heterocycles. The molecule has 2 N–H and O–H groups in total. The molecule has 0 unspecified atom stereocenters. The molecule has 0 amide bonds. The van der Waals surface area contributed by atoms with E-state index in [9.17, 15) is 0 Å². The van der Waals surface area contributed by atoms with Crippen LogP contribution in [0.1, 0.15) is 0 Å². The Kier molecular flexibility index (Phi) is 11.4. The van der Waals surface area contributed by atoms with E-state index in [0.717, 1.165) is 0 Å². The fourth-order valence-corrected chi connectivity index (χ4v) is 0. The summed E-state index contributed by atoms with van der Waals surface area (Å²) in [6, 6.07) is 0. The molecule has 0 aliphatic carbocycles. The molecule has 0 aromatic rings. The van der Waals surface area contributed by atoms with Gasteiger partial charge < -0.3 is 5.48 Å². The molecule has 0 saturated heterocycles. The molecule has 0 spiro atoms. The Bertz CT molecular complexity index is 222. The summed E-state index contributed by atoms with van der Waals surface area (Å²) in [7, 11) is 10.7. The van der Waals surface area contributed by atoms with E-state index in [1.807, 2.05) is 0 Å². The number of hydrogen-bond acceptors (Lipinski definition) is 0. The molecule has 0 aliphatic rings. The third-order valence-electron chi connectivity index (χ3n) is 0. The first-order chi connectivity index (χ1) is 1.73. The van der Waals surface area contributed by atoms with Crippen molar-refractivity contribution in [2.45, 2.75) is 0 Å². The summed E-state index contributed by atoms with van der Waals surface area (Å²) in [4.78, 5) is 0. The Morgan fingerprint density at radius 2 is 1.00 bits per heavy atom. The normalized spacial score (nSPS) is 4.20. The van der Waals surface area contributed by atoms with Gasteiger partial charge in [-0.15, -0.1) is 0 Å². The Morgan fingerprint density at radius 1 is 1.00 bits per heavy atom. The Balaban J connectivity index is 0. The summed E-state index contributed by atoms with van der Waals surface area (Å²) in [5.74, 6) is 0. The molecule has 0 rings (SSSR count). The van der Waals surface area contributed by atoms with Crippen molar-refractivity contribution in [2.75, 3.05) is 0 Å². The van der Waals surface area contributed by atoms with Crippen molar-refractivity contribution in [3.8, 4) is 0 Å². The SMILES string of the molecule is O.[P]#[Fe](#[P])#[P]. The average molecular weight is 167 g/mol. The quantitative estimate of drug-likeness (QED) is 0.388. The summed E-state index contributed by atoms with van der Waals surface area (Å²) in [5, 5.41) is 0. The van der Waals surface area contributed by atoms with Gasteiger partial charge in [0.1, 0.15) is 0 Å². The minimum absolute atomic E-state index is 0. The first-order valence-electron chi connectivity index (χ1n) is 0.474. The van der Waals surface area contributed by atoms with E-state index < -0.39 is 10.5 Å². The third kappa shape index (κ3) is 26.2. The monoisotopic (exact) mass is 167 g/mol. The molecular weight excluding hydrogens is 165 g/mol. The minimum atomic E-state index is -0.667. The molecule has 0 aliphatic heterocycles. The second-order valence-corrected chi connectivity index (χ2v) is 7.87. The molecule has 0 atom stereocenters. The molecule has 1 nitrogen and oxygen atoms in total. The van der Waals surface area contributed by atoms with Crippen LogP contribution in [0.15, 0.2) is 0 Å². The van der Waals surface area contributed by atoms with Gasteiger partial charge in [0.2, 0.25) is 0 Å². The average Bonchev–Trinajstić information content (AvgIpc) is 0.811. The molecule has 0 heterocycles. The van der Waals surface area contributed by atoms with Crippen LogP contribution in [0.4, 0.5) is 0 Å². The molecule has 0 aromatic carbocycles. The van der Waals surface area contributed by atoms with Crippen LogP contribution in [-0.4, -0.2) is 5.48 Å². The topological polar surface area (TPSA) is 31.5 Å². The molecule has 5 heavy (non-hydrogen) atoms. The van der Waals surface area contributed by atoms with Gasteiger partial charge in [-0.05, 0) is 0 Å². The van der Waals surface area contributed by atoms with Gasteiger partial charge in [-0.2, -0.15) is 0 Å². The Morgan fingerprint density at radius 3 is 1.00 bits per heavy atom. The van der Waals surface area contributed by atoms with Gasteiger partial charge in [0.05, 0.1) is 0 Å². The predicted octanol–water partition coefficient (Wildman–Crippen LogP) is 1.76. The van der Waals surface area contributed by atoms with Crippen LogP contribution in [0.25, 0.3) is 0 Å². The van der Waals surface area contributed by atoms with Gasteiger partial charge in [0.25, 0.3) is 0 Å². The molecule has 0 fully saturated rings. The van der Waals surface area contributed by atoms with Crippen molar-refractivity contribution in [1.29, 1.82) is 0 Å². The first-order valence-corrected chi connectivity index (χ1v) is 5.87. The van der Waals surface area contributed by atoms with E-state index in [4.69, 9.17) is 0 Å². The van der Waals surface area contributed by atoms with Crippen LogP contribution in [0.2, 0.25) is 0 Å². The van der Waals surface area contributed by atoms with Crippen molar-refractivity contribution in [3.63, 3.8) is 0 Å². The van der Waals surface area contributed by atoms with Gasteiger partial charge in [-0.3, -0.25) is 0 Å². The van der Waals surface area contributed by atoms with Crippen LogP contribution in [0, 0.1) is 0 Å². The van der Waals surface area contributed by atoms with Gasteiger partial charge in [-0.1, -0.05) is 0 Å². The molecule has 5 heteroatoms. The zero-order chi connectivity index (χ0) is 3.58. The summed E-state index contributed by atoms with van der Waals surface area (Å²) >= 11 is 0. The standard InChI is InChI=1S/Fe.H2O.3P/h;1H2;;;. The second-order valence-electron chi connectivity index (χ2n) is 0.212. The van der Waals surface area contributed by atoms with Crippen LogP contribution < -0.4 is 0 Å². The number of rotatable bonds is 0. The van der Waals surface area contributed by atoms with Crippen molar-refractivity contribution in [3.05, 3.63) is 0 Å². The van der Waals surface area contributed by atoms with E-state index in [2.05, 4.69) is 21.8 Å². The van der Waals surface area contributed by atoms with E-state index in [0.29, 0.717) is 0 Å². The summed E-state index contributed by atoms with van der Waals surface area (Å²) in [6.45, 7) is 0. The summed E-state index contributed by atoms with van der Waals surface area (Å²) in [5.41, 5.74) is 0. The van der Waals surface area contributed by atoms with Crippen LogP contribution in [0.5, 0.6) is 0 Å².